The Morgan fingerprint density at radius 1 is 1.48 bits per heavy atom. The summed E-state index contributed by atoms with van der Waals surface area (Å²) in [6.07, 6.45) is 5.34. The highest BCUT2D eigenvalue weighted by Crippen LogP contribution is 2.28. The summed E-state index contributed by atoms with van der Waals surface area (Å²) in [5.41, 5.74) is 7.27. The van der Waals surface area contributed by atoms with Crippen LogP contribution >= 0.6 is 11.6 Å². The van der Waals surface area contributed by atoms with Crippen LogP contribution < -0.4 is 11.1 Å². The van der Waals surface area contributed by atoms with E-state index in [9.17, 15) is 4.79 Å². The predicted molar refractivity (Wildman–Crippen MR) is 84.6 cm³/mol. The van der Waals surface area contributed by atoms with Gasteiger partial charge < -0.3 is 15.6 Å². The number of aromatic nitrogens is 2. The highest BCUT2D eigenvalue weighted by Gasteiger charge is 2.15. The van der Waals surface area contributed by atoms with Gasteiger partial charge >= 0.3 is 0 Å². The summed E-state index contributed by atoms with van der Waals surface area (Å²) in [7, 11) is 0. The highest BCUT2D eigenvalue weighted by molar-refractivity contribution is 6.33. The van der Waals surface area contributed by atoms with Crippen molar-refractivity contribution in [3.8, 4) is 5.69 Å². The number of para-hydroxylation sites is 1. The van der Waals surface area contributed by atoms with Crippen molar-refractivity contribution in [2.24, 2.45) is 11.7 Å². The molecule has 0 saturated carbocycles. The number of nitrogens with one attached hydrogen (secondary N) is 1. The van der Waals surface area contributed by atoms with Crippen molar-refractivity contribution in [3.63, 3.8) is 0 Å². The second-order valence-corrected chi connectivity index (χ2v) is 5.67. The molecule has 0 bridgehead atoms. The number of anilines is 1. The molecule has 0 aliphatic carbocycles. The predicted octanol–water partition coefficient (Wildman–Crippen LogP) is 2.84. The van der Waals surface area contributed by atoms with E-state index in [1.165, 1.54) is 0 Å². The fraction of sp³-hybridized carbons (Fsp3) is 0.333. The minimum Gasteiger partial charge on any atom is -0.327 e. The molecule has 0 aliphatic rings. The molecule has 1 heterocycles. The molecule has 0 saturated heterocycles. The maximum atomic E-state index is 12.1. The molecule has 0 fully saturated rings. The van der Waals surface area contributed by atoms with Crippen LogP contribution in [0.15, 0.2) is 36.9 Å². The lowest BCUT2D eigenvalue weighted by molar-refractivity contribution is -0.116. The van der Waals surface area contributed by atoms with E-state index in [2.05, 4.69) is 10.3 Å². The molecule has 1 atom stereocenters. The molecule has 0 aliphatic heterocycles. The quantitative estimate of drug-likeness (QED) is 0.892. The third-order valence-corrected chi connectivity index (χ3v) is 3.61. The van der Waals surface area contributed by atoms with E-state index in [0.29, 0.717) is 16.4 Å². The first-order valence-corrected chi connectivity index (χ1v) is 7.19. The van der Waals surface area contributed by atoms with Gasteiger partial charge in [0.2, 0.25) is 5.91 Å². The topological polar surface area (TPSA) is 72.9 Å². The number of imidazole rings is 1. The molecule has 0 spiro atoms. The number of carbonyl (C=O) groups is 1. The molecule has 1 aromatic carbocycles. The van der Waals surface area contributed by atoms with Gasteiger partial charge in [-0.25, -0.2) is 4.98 Å². The molecule has 5 nitrogen and oxygen atoms in total. The van der Waals surface area contributed by atoms with Gasteiger partial charge in [-0.1, -0.05) is 31.5 Å². The monoisotopic (exact) mass is 306 g/mol. The van der Waals surface area contributed by atoms with Gasteiger partial charge in [-0.05, 0) is 18.1 Å². The zero-order valence-corrected chi connectivity index (χ0v) is 12.8. The van der Waals surface area contributed by atoms with E-state index in [-0.39, 0.29) is 24.3 Å². The van der Waals surface area contributed by atoms with Gasteiger partial charge in [-0.3, -0.25) is 4.79 Å². The van der Waals surface area contributed by atoms with Crippen LogP contribution in [0.3, 0.4) is 0 Å². The largest absolute Gasteiger partial charge is 0.327 e. The number of benzene rings is 1. The SMILES string of the molecule is CC(C)C(N)CC(=O)Nc1cccc(Cl)c1-n1ccnc1. The Balaban J connectivity index is 2.21. The number of hydrogen-bond donors (Lipinski definition) is 2. The molecule has 2 aromatic rings. The van der Waals surface area contributed by atoms with E-state index in [1.807, 2.05) is 13.8 Å². The maximum absolute atomic E-state index is 12.1. The lowest BCUT2D eigenvalue weighted by atomic mass is 10.0. The Morgan fingerprint density at radius 2 is 2.24 bits per heavy atom. The van der Waals surface area contributed by atoms with Crippen LogP contribution in [0.4, 0.5) is 5.69 Å². The zero-order valence-electron chi connectivity index (χ0n) is 12.1. The number of halogens is 1. The smallest absolute Gasteiger partial charge is 0.226 e. The van der Waals surface area contributed by atoms with Crippen molar-refractivity contribution in [2.45, 2.75) is 26.3 Å². The van der Waals surface area contributed by atoms with Gasteiger partial charge in [0.05, 0.1) is 22.7 Å². The van der Waals surface area contributed by atoms with Crippen LogP contribution in [0, 0.1) is 5.92 Å². The molecule has 1 unspecified atom stereocenters. The van der Waals surface area contributed by atoms with Gasteiger partial charge in [-0.2, -0.15) is 0 Å². The minimum atomic E-state index is -0.166. The second kappa shape index (κ2) is 6.74. The molecule has 6 heteroatoms. The standard InChI is InChI=1S/C15H19ClN4O/c1-10(2)12(17)8-14(21)19-13-5-3-4-11(16)15(13)20-7-6-18-9-20/h3-7,9-10,12H,8,17H2,1-2H3,(H,19,21). The molecule has 1 aromatic heterocycles. The molecule has 3 N–H and O–H groups in total. The number of carbonyl (C=O) groups excluding carboxylic acids is 1. The van der Waals surface area contributed by atoms with Crippen LogP contribution in [-0.2, 0) is 4.79 Å². The summed E-state index contributed by atoms with van der Waals surface area (Å²) in [6, 6.07) is 5.20. The van der Waals surface area contributed by atoms with Crippen molar-refractivity contribution in [3.05, 3.63) is 41.9 Å². The summed E-state index contributed by atoms with van der Waals surface area (Å²) in [4.78, 5) is 16.1. The fourth-order valence-corrected chi connectivity index (χ4v) is 2.19. The number of nitrogens with zero attached hydrogens (tertiary/aromatic N) is 2. The van der Waals surface area contributed by atoms with Crippen LogP contribution in [0.1, 0.15) is 20.3 Å². The summed E-state index contributed by atoms with van der Waals surface area (Å²) in [5.74, 6) is 0.128. The van der Waals surface area contributed by atoms with Crippen molar-refractivity contribution in [1.29, 1.82) is 0 Å². The molecular formula is C15H19ClN4O. The average Bonchev–Trinajstić information content (AvgIpc) is 2.92. The number of amides is 1. The van der Waals surface area contributed by atoms with Gasteiger partial charge in [0.25, 0.3) is 0 Å². The van der Waals surface area contributed by atoms with E-state index >= 15 is 0 Å². The first kappa shape index (κ1) is 15.5. The molecule has 112 valence electrons. The normalized spacial score (nSPS) is 12.4. The number of nitrogens with two attached hydrogens (primary N) is 1. The van der Waals surface area contributed by atoms with E-state index in [0.717, 1.165) is 0 Å². The first-order valence-electron chi connectivity index (χ1n) is 6.81. The van der Waals surface area contributed by atoms with Gasteiger partial charge in [0.15, 0.2) is 0 Å². The van der Waals surface area contributed by atoms with Crippen molar-refractivity contribution in [2.75, 3.05) is 5.32 Å². The van der Waals surface area contributed by atoms with Crippen molar-refractivity contribution >= 4 is 23.2 Å². The average molecular weight is 307 g/mol. The van der Waals surface area contributed by atoms with Crippen LogP contribution in [0.5, 0.6) is 0 Å². The van der Waals surface area contributed by atoms with E-state index in [1.54, 1.807) is 41.5 Å². The molecule has 21 heavy (non-hydrogen) atoms. The lowest BCUT2D eigenvalue weighted by Gasteiger charge is -2.17. The van der Waals surface area contributed by atoms with Crippen LogP contribution in [-0.4, -0.2) is 21.5 Å². The molecule has 0 radical (unpaired) electrons. The third kappa shape index (κ3) is 3.83. The van der Waals surface area contributed by atoms with Crippen LogP contribution in [0.25, 0.3) is 5.69 Å². The lowest BCUT2D eigenvalue weighted by Crippen LogP contribution is -2.31. The maximum Gasteiger partial charge on any atom is 0.226 e. The van der Waals surface area contributed by atoms with Crippen molar-refractivity contribution in [1.82, 2.24) is 9.55 Å². The third-order valence-electron chi connectivity index (χ3n) is 3.30. The van der Waals surface area contributed by atoms with Gasteiger partial charge in [0.1, 0.15) is 0 Å². The Hall–Kier alpha value is -1.85. The Labute approximate surface area is 129 Å². The number of rotatable bonds is 5. The molecule has 1 amide bonds. The fourth-order valence-electron chi connectivity index (χ4n) is 1.92. The Bertz CT molecular complexity index is 610. The zero-order chi connectivity index (χ0) is 15.4. The second-order valence-electron chi connectivity index (χ2n) is 5.27. The summed E-state index contributed by atoms with van der Waals surface area (Å²) < 4.78 is 1.76. The summed E-state index contributed by atoms with van der Waals surface area (Å²) >= 11 is 6.24. The van der Waals surface area contributed by atoms with Crippen LogP contribution in [0.2, 0.25) is 5.02 Å². The minimum absolute atomic E-state index is 0.125. The van der Waals surface area contributed by atoms with E-state index in [4.69, 9.17) is 17.3 Å². The molecule has 2 rings (SSSR count). The Morgan fingerprint density at radius 3 is 2.86 bits per heavy atom. The molecular weight excluding hydrogens is 288 g/mol. The highest BCUT2D eigenvalue weighted by atomic mass is 35.5. The number of hydrogen-bond acceptors (Lipinski definition) is 3. The first-order chi connectivity index (χ1) is 9.99. The Kier molecular flexibility index (Phi) is 4.98. The van der Waals surface area contributed by atoms with Gasteiger partial charge in [-0.15, -0.1) is 0 Å². The van der Waals surface area contributed by atoms with Gasteiger partial charge in [0, 0.05) is 24.9 Å². The summed E-state index contributed by atoms with van der Waals surface area (Å²) in [5, 5.41) is 3.41. The summed E-state index contributed by atoms with van der Waals surface area (Å²) in [6.45, 7) is 3.99. The van der Waals surface area contributed by atoms with Crippen molar-refractivity contribution < 1.29 is 4.79 Å². The van der Waals surface area contributed by atoms with E-state index < -0.39 is 0 Å².